The average Bonchev–Trinajstić information content (AvgIpc) is 2.42. The van der Waals surface area contributed by atoms with Gasteiger partial charge in [0.15, 0.2) is 0 Å². The summed E-state index contributed by atoms with van der Waals surface area (Å²) in [7, 11) is 0. The molecule has 0 aliphatic rings. The van der Waals surface area contributed by atoms with Crippen molar-refractivity contribution in [3.05, 3.63) is 35.4 Å². The number of rotatable bonds is 6. The molecule has 112 valence electrons. The number of nitrogens with zero attached hydrogens (tertiary/aromatic N) is 1. The molecule has 0 atom stereocenters. The molecule has 0 spiro atoms. The van der Waals surface area contributed by atoms with Crippen LogP contribution >= 0.6 is 0 Å². The summed E-state index contributed by atoms with van der Waals surface area (Å²) in [5.74, 6) is -0.327. The van der Waals surface area contributed by atoms with Crippen LogP contribution in [0.15, 0.2) is 24.3 Å². The number of unbranched alkanes of at least 4 members (excludes halogenated alkanes) is 1. The van der Waals surface area contributed by atoms with Gasteiger partial charge in [-0.05, 0) is 31.0 Å². The molecular weight excluding hydrogens is 267 g/mol. The van der Waals surface area contributed by atoms with Gasteiger partial charge >= 0.3 is 6.18 Å². The first-order valence-corrected chi connectivity index (χ1v) is 6.86. The van der Waals surface area contributed by atoms with E-state index >= 15 is 0 Å². The maximum absolute atomic E-state index is 12.7. The van der Waals surface area contributed by atoms with Crippen LogP contribution in [-0.4, -0.2) is 23.9 Å². The molecule has 1 aromatic rings. The molecule has 1 amide bonds. The highest BCUT2D eigenvalue weighted by molar-refractivity contribution is 5.94. The highest BCUT2D eigenvalue weighted by Crippen LogP contribution is 2.29. The highest BCUT2D eigenvalue weighted by atomic mass is 19.4. The Hall–Kier alpha value is -1.52. The van der Waals surface area contributed by atoms with Crippen LogP contribution in [-0.2, 0) is 6.18 Å². The normalized spacial score (nSPS) is 11.4. The van der Waals surface area contributed by atoms with Gasteiger partial charge in [0.25, 0.3) is 5.91 Å². The molecule has 0 saturated carbocycles. The van der Waals surface area contributed by atoms with Crippen molar-refractivity contribution in [3.63, 3.8) is 0 Å². The van der Waals surface area contributed by atoms with E-state index in [1.165, 1.54) is 12.1 Å². The smallest absolute Gasteiger partial charge is 0.339 e. The Morgan fingerprint density at radius 1 is 1.15 bits per heavy atom. The van der Waals surface area contributed by atoms with Crippen molar-refractivity contribution in [2.75, 3.05) is 13.1 Å². The molecule has 0 bridgehead atoms. The van der Waals surface area contributed by atoms with Gasteiger partial charge in [0.05, 0.1) is 5.56 Å². The van der Waals surface area contributed by atoms with Crippen LogP contribution in [0, 0.1) is 0 Å². The summed E-state index contributed by atoms with van der Waals surface area (Å²) in [6.45, 7) is 5.10. The SMILES string of the molecule is CCCCN(CCC)C(=O)c1cccc(C(F)(F)F)c1. The third-order valence-electron chi connectivity index (χ3n) is 3.00. The van der Waals surface area contributed by atoms with E-state index < -0.39 is 11.7 Å². The number of carbonyl (C=O) groups excluding carboxylic acids is 1. The number of alkyl halides is 3. The van der Waals surface area contributed by atoms with Crippen LogP contribution in [0.1, 0.15) is 49.0 Å². The summed E-state index contributed by atoms with van der Waals surface area (Å²) in [5, 5.41) is 0. The van der Waals surface area contributed by atoms with Gasteiger partial charge in [0, 0.05) is 18.7 Å². The van der Waals surface area contributed by atoms with Crippen molar-refractivity contribution in [1.29, 1.82) is 0 Å². The van der Waals surface area contributed by atoms with E-state index in [1.54, 1.807) is 4.90 Å². The van der Waals surface area contributed by atoms with Gasteiger partial charge in [0.1, 0.15) is 0 Å². The zero-order valence-corrected chi connectivity index (χ0v) is 11.8. The molecular formula is C15H20F3NO. The van der Waals surface area contributed by atoms with Crippen LogP contribution in [0.4, 0.5) is 13.2 Å². The summed E-state index contributed by atoms with van der Waals surface area (Å²) in [4.78, 5) is 13.9. The van der Waals surface area contributed by atoms with Gasteiger partial charge in [0.2, 0.25) is 0 Å². The summed E-state index contributed by atoms with van der Waals surface area (Å²) < 4.78 is 38.0. The monoisotopic (exact) mass is 287 g/mol. The minimum atomic E-state index is -4.42. The van der Waals surface area contributed by atoms with Gasteiger partial charge in [-0.2, -0.15) is 13.2 Å². The summed E-state index contributed by atoms with van der Waals surface area (Å²) in [5.41, 5.74) is -0.681. The lowest BCUT2D eigenvalue weighted by molar-refractivity contribution is -0.137. The Morgan fingerprint density at radius 2 is 1.85 bits per heavy atom. The number of amides is 1. The average molecular weight is 287 g/mol. The maximum Gasteiger partial charge on any atom is 0.416 e. The molecule has 0 unspecified atom stereocenters. The van der Waals surface area contributed by atoms with Crippen molar-refractivity contribution >= 4 is 5.91 Å². The zero-order valence-electron chi connectivity index (χ0n) is 11.8. The van der Waals surface area contributed by atoms with E-state index in [4.69, 9.17) is 0 Å². The molecule has 0 aliphatic heterocycles. The lowest BCUT2D eigenvalue weighted by Crippen LogP contribution is -2.32. The summed E-state index contributed by atoms with van der Waals surface area (Å²) >= 11 is 0. The maximum atomic E-state index is 12.7. The minimum Gasteiger partial charge on any atom is -0.339 e. The van der Waals surface area contributed by atoms with Gasteiger partial charge in [-0.25, -0.2) is 0 Å². The first kappa shape index (κ1) is 16.5. The van der Waals surface area contributed by atoms with Crippen molar-refractivity contribution in [1.82, 2.24) is 4.90 Å². The second kappa shape index (κ2) is 7.31. The number of carbonyl (C=O) groups is 1. The van der Waals surface area contributed by atoms with Gasteiger partial charge in [-0.3, -0.25) is 4.79 Å². The molecule has 0 saturated heterocycles. The number of benzene rings is 1. The van der Waals surface area contributed by atoms with Crippen molar-refractivity contribution in [3.8, 4) is 0 Å². The fourth-order valence-electron chi connectivity index (χ4n) is 1.94. The van der Waals surface area contributed by atoms with E-state index in [0.29, 0.717) is 13.1 Å². The first-order valence-electron chi connectivity index (χ1n) is 6.86. The molecule has 0 aromatic heterocycles. The predicted molar refractivity (Wildman–Crippen MR) is 72.5 cm³/mol. The Balaban J connectivity index is 2.93. The fraction of sp³-hybridized carbons (Fsp3) is 0.533. The van der Waals surface area contributed by atoms with Gasteiger partial charge < -0.3 is 4.90 Å². The molecule has 1 rings (SSSR count). The highest BCUT2D eigenvalue weighted by Gasteiger charge is 2.31. The second-order valence-corrected chi connectivity index (χ2v) is 4.72. The van der Waals surface area contributed by atoms with Crippen LogP contribution in [0.2, 0.25) is 0 Å². The minimum absolute atomic E-state index is 0.101. The second-order valence-electron chi connectivity index (χ2n) is 4.72. The third kappa shape index (κ3) is 4.54. The van der Waals surface area contributed by atoms with Crippen LogP contribution in [0.5, 0.6) is 0 Å². The fourth-order valence-corrected chi connectivity index (χ4v) is 1.94. The lowest BCUT2D eigenvalue weighted by Gasteiger charge is -2.22. The molecule has 5 heteroatoms. The Bertz CT molecular complexity index is 443. The Kier molecular flexibility index (Phi) is 6.05. The van der Waals surface area contributed by atoms with E-state index in [2.05, 4.69) is 0 Å². The lowest BCUT2D eigenvalue weighted by atomic mass is 10.1. The van der Waals surface area contributed by atoms with Crippen molar-refractivity contribution < 1.29 is 18.0 Å². The molecule has 2 nitrogen and oxygen atoms in total. The zero-order chi connectivity index (χ0) is 15.2. The molecule has 0 N–H and O–H groups in total. The van der Waals surface area contributed by atoms with Crippen LogP contribution < -0.4 is 0 Å². The molecule has 0 fully saturated rings. The Labute approximate surface area is 117 Å². The predicted octanol–water partition coefficient (Wildman–Crippen LogP) is 4.36. The van der Waals surface area contributed by atoms with E-state index in [9.17, 15) is 18.0 Å². The number of hydrogen-bond acceptors (Lipinski definition) is 1. The van der Waals surface area contributed by atoms with E-state index in [0.717, 1.165) is 31.4 Å². The molecule has 20 heavy (non-hydrogen) atoms. The number of halogens is 3. The van der Waals surface area contributed by atoms with E-state index in [-0.39, 0.29) is 11.5 Å². The number of hydrogen-bond donors (Lipinski definition) is 0. The third-order valence-corrected chi connectivity index (χ3v) is 3.00. The van der Waals surface area contributed by atoms with Crippen molar-refractivity contribution in [2.45, 2.75) is 39.3 Å². The topological polar surface area (TPSA) is 20.3 Å². The van der Waals surface area contributed by atoms with Gasteiger partial charge in [-0.1, -0.05) is 26.3 Å². The Morgan fingerprint density at radius 3 is 2.40 bits per heavy atom. The molecule has 0 radical (unpaired) electrons. The van der Waals surface area contributed by atoms with Gasteiger partial charge in [-0.15, -0.1) is 0 Å². The standard InChI is InChI=1S/C15H20F3NO/c1-3-5-10-19(9-4-2)14(20)12-7-6-8-13(11-12)15(16,17)18/h6-8,11H,3-5,9-10H2,1-2H3. The first-order chi connectivity index (χ1) is 9.40. The van der Waals surface area contributed by atoms with Crippen LogP contribution in [0.25, 0.3) is 0 Å². The van der Waals surface area contributed by atoms with Crippen molar-refractivity contribution in [2.24, 2.45) is 0 Å². The summed E-state index contributed by atoms with van der Waals surface area (Å²) in [6, 6.07) is 4.62. The quantitative estimate of drug-likeness (QED) is 0.761. The molecule has 0 aliphatic carbocycles. The molecule has 1 aromatic carbocycles. The summed E-state index contributed by atoms with van der Waals surface area (Å²) in [6.07, 6.45) is -1.84. The largest absolute Gasteiger partial charge is 0.416 e. The van der Waals surface area contributed by atoms with Crippen LogP contribution in [0.3, 0.4) is 0 Å². The van der Waals surface area contributed by atoms with E-state index in [1.807, 2.05) is 13.8 Å². The molecule has 0 heterocycles.